The lowest BCUT2D eigenvalue weighted by Gasteiger charge is -2.19. The van der Waals surface area contributed by atoms with Crippen LogP contribution < -0.4 is 4.90 Å². The molecule has 1 heterocycles. The van der Waals surface area contributed by atoms with Crippen molar-refractivity contribution < 1.29 is 4.92 Å². The number of pyridine rings is 1. The lowest BCUT2D eigenvalue weighted by molar-refractivity contribution is -0.384. The van der Waals surface area contributed by atoms with Crippen molar-refractivity contribution in [2.75, 3.05) is 11.9 Å². The van der Waals surface area contributed by atoms with Crippen LogP contribution in [-0.2, 0) is 0 Å². The molecule has 0 aliphatic carbocycles. The quantitative estimate of drug-likeness (QED) is 0.635. The SMILES string of the molecule is CN(c1ccccc1C#N)c1ncc(Br)cc1[N+](=O)[O-]. The van der Waals surface area contributed by atoms with Crippen molar-refractivity contribution in [3.63, 3.8) is 0 Å². The first-order valence-corrected chi connectivity index (χ1v) is 6.36. The van der Waals surface area contributed by atoms with Crippen LogP contribution in [0.1, 0.15) is 5.56 Å². The molecule has 0 unspecified atom stereocenters. The second-order valence-corrected chi connectivity index (χ2v) is 4.86. The van der Waals surface area contributed by atoms with Crippen molar-refractivity contribution in [2.45, 2.75) is 0 Å². The fourth-order valence-electron chi connectivity index (χ4n) is 1.79. The summed E-state index contributed by atoms with van der Waals surface area (Å²) in [5.74, 6) is 0.181. The van der Waals surface area contributed by atoms with Gasteiger partial charge in [-0.1, -0.05) is 12.1 Å². The van der Waals surface area contributed by atoms with Gasteiger partial charge in [-0.15, -0.1) is 0 Å². The molecule has 100 valence electrons. The van der Waals surface area contributed by atoms with Gasteiger partial charge >= 0.3 is 5.69 Å². The van der Waals surface area contributed by atoms with Crippen molar-refractivity contribution in [3.05, 3.63) is 56.7 Å². The van der Waals surface area contributed by atoms with Gasteiger partial charge in [0.1, 0.15) is 6.07 Å². The maximum absolute atomic E-state index is 11.1. The van der Waals surface area contributed by atoms with Crippen molar-refractivity contribution in [1.29, 1.82) is 5.26 Å². The molecule has 0 atom stereocenters. The summed E-state index contributed by atoms with van der Waals surface area (Å²) in [6.45, 7) is 0. The molecular weight excluding hydrogens is 324 g/mol. The summed E-state index contributed by atoms with van der Waals surface area (Å²) in [5, 5.41) is 20.2. The van der Waals surface area contributed by atoms with E-state index in [1.165, 1.54) is 17.2 Å². The smallest absolute Gasteiger partial charge is 0.313 e. The number of anilines is 2. The zero-order valence-corrected chi connectivity index (χ0v) is 12.0. The number of nitriles is 1. The van der Waals surface area contributed by atoms with Crippen LogP contribution in [0.4, 0.5) is 17.2 Å². The second-order valence-electron chi connectivity index (χ2n) is 3.94. The van der Waals surface area contributed by atoms with E-state index in [0.717, 1.165) is 0 Å². The summed E-state index contributed by atoms with van der Waals surface area (Å²) in [4.78, 5) is 16.2. The second kappa shape index (κ2) is 5.67. The fourth-order valence-corrected chi connectivity index (χ4v) is 2.11. The molecule has 0 spiro atoms. The summed E-state index contributed by atoms with van der Waals surface area (Å²) in [6, 6.07) is 10.3. The molecule has 0 saturated carbocycles. The van der Waals surface area contributed by atoms with Gasteiger partial charge in [-0.05, 0) is 28.1 Å². The summed E-state index contributed by atoms with van der Waals surface area (Å²) < 4.78 is 0.523. The van der Waals surface area contributed by atoms with E-state index in [9.17, 15) is 10.1 Å². The van der Waals surface area contributed by atoms with E-state index in [1.807, 2.05) is 0 Å². The number of nitrogens with zero attached hydrogens (tertiary/aromatic N) is 4. The number of halogens is 1. The van der Waals surface area contributed by atoms with Crippen LogP contribution >= 0.6 is 15.9 Å². The minimum Gasteiger partial charge on any atom is -0.323 e. The van der Waals surface area contributed by atoms with E-state index in [2.05, 4.69) is 27.0 Å². The molecule has 0 aliphatic rings. The Hall–Kier alpha value is -2.46. The molecular formula is C13H9BrN4O2. The van der Waals surface area contributed by atoms with Gasteiger partial charge in [0.2, 0.25) is 5.82 Å². The molecule has 0 saturated heterocycles. The van der Waals surface area contributed by atoms with E-state index in [0.29, 0.717) is 15.7 Å². The highest BCUT2D eigenvalue weighted by molar-refractivity contribution is 9.10. The maximum atomic E-state index is 11.1. The molecule has 7 heteroatoms. The lowest BCUT2D eigenvalue weighted by Crippen LogP contribution is -2.14. The molecule has 20 heavy (non-hydrogen) atoms. The lowest BCUT2D eigenvalue weighted by atomic mass is 10.2. The third-order valence-corrected chi connectivity index (χ3v) is 3.15. The standard InChI is InChI=1S/C13H9BrN4O2/c1-17(11-5-3-2-4-9(11)7-15)13-12(18(19)20)6-10(14)8-16-13/h2-6,8H,1H3. The number of benzene rings is 1. The summed E-state index contributed by atoms with van der Waals surface area (Å²) in [7, 11) is 1.64. The van der Waals surface area contributed by atoms with Gasteiger partial charge in [0.15, 0.2) is 0 Å². The molecule has 6 nitrogen and oxygen atoms in total. The number of hydrogen-bond acceptors (Lipinski definition) is 5. The largest absolute Gasteiger partial charge is 0.323 e. The van der Waals surface area contributed by atoms with Gasteiger partial charge in [0.25, 0.3) is 0 Å². The van der Waals surface area contributed by atoms with Gasteiger partial charge in [-0.3, -0.25) is 10.1 Å². The highest BCUT2D eigenvalue weighted by atomic mass is 79.9. The molecule has 0 N–H and O–H groups in total. The predicted octanol–water partition coefficient (Wildman–Crippen LogP) is 3.39. The number of hydrogen-bond donors (Lipinski definition) is 0. The van der Waals surface area contributed by atoms with Gasteiger partial charge in [0.05, 0.1) is 16.2 Å². The normalized spacial score (nSPS) is 9.85. The minimum atomic E-state index is -0.501. The minimum absolute atomic E-state index is 0.130. The van der Waals surface area contributed by atoms with Crippen LogP contribution in [0.3, 0.4) is 0 Å². The Morgan fingerprint density at radius 2 is 2.15 bits per heavy atom. The Morgan fingerprint density at radius 3 is 2.80 bits per heavy atom. The number of aromatic nitrogens is 1. The van der Waals surface area contributed by atoms with Crippen LogP contribution in [0.15, 0.2) is 41.0 Å². The molecule has 0 aliphatic heterocycles. The van der Waals surface area contributed by atoms with Gasteiger partial charge in [0, 0.05) is 23.8 Å². The Morgan fingerprint density at radius 1 is 1.45 bits per heavy atom. The van der Waals surface area contributed by atoms with E-state index in [-0.39, 0.29) is 11.5 Å². The van der Waals surface area contributed by atoms with Crippen molar-refractivity contribution in [1.82, 2.24) is 4.98 Å². The number of rotatable bonds is 3. The van der Waals surface area contributed by atoms with Gasteiger partial charge in [-0.2, -0.15) is 5.26 Å². The van der Waals surface area contributed by atoms with Crippen molar-refractivity contribution in [3.8, 4) is 6.07 Å². The van der Waals surface area contributed by atoms with Crippen molar-refractivity contribution >= 4 is 33.1 Å². The Labute approximate surface area is 123 Å². The van der Waals surface area contributed by atoms with Crippen LogP contribution in [0.5, 0.6) is 0 Å². The van der Waals surface area contributed by atoms with Gasteiger partial charge in [-0.25, -0.2) is 4.98 Å². The van der Waals surface area contributed by atoms with E-state index in [1.54, 1.807) is 31.3 Å². The summed E-state index contributed by atoms with van der Waals surface area (Å²) in [5.41, 5.74) is 0.858. The fraction of sp³-hybridized carbons (Fsp3) is 0.0769. The number of nitro groups is 1. The van der Waals surface area contributed by atoms with E-state index >= 15 is 0 Å². The highest BCUT2D eigenvalue weighted by Crippen LogP contribution is 2.33. The molecule has 2 aromatic rings. The maximum Gasteiger partial charge on any atom is 0.313 e. The zero-order chi connectivity index (χ0) is 14.7. The van der Waals surface area contributed by atoms with E-state index < -0.39 is 4.92 Å². The first kappa shape index (κ1) is 14.0. The third kappa shape index (κ3) is 2.60. The molecule has 0 bridgehead atoms. The van der Waals surface area contributed by atoms with Crippen LogP contribution in [0.25, 0.3) is 0 Å². The van der Waals surface area contributed by atoms with Crippen molar-refractivity contribution in [2.24, 2.45) is 0 Å². The molecule has 1 aromatic heterocycles. The average molecular weight is 333 g/mol. The molecule has 1 aromatic carbocycles. The summed E-state index contributed by atoms with van der Waals surface area (Å²) >= 11 is 3.16. The zero-order valence-electron chi connectivity index (χ0n) is 10.4. The van der Waals surface area contributed by atoms with Gasteiger partial charge < -0.3 is 4.90 Å². The predicted molar refractivity (Wildman–Crippen MR) is 77.8 cm³/mol. The third-order valence-electron chi connectivity index (χ3n) is 2.71. The molecule has 0 amide bonds. The van der Waals surface area contributed by atoms with Crippen LogP contribution in [0.2, 0.25) is 0 Å². The Balaban J connectivity index is 2.57. The molecule has 2 rings (SSSR count). The Bertz CT molecular complexity index is 712. The van der Waals surface area contributed by atoms with Crippen LogP contribution in [0, 0.1) is 21.4 Å². The van der Waals surface area contributed by atoms with Crippen LogP contribution in [-0.4, -0.2) is 17.0 Å². The molecule has 0 radical (unpaired) electrons. The average Bonchev–Trinajstić information content (AvgIpc) is 2.46. The monoisotopic (exact) mass is 332 g/mol. The summed E-state index contributed by atoms with van der Waals surface area (Å²) in [6.07, 6.45) is 1.48. The first-order valence-electron chi connectivity index (χ1n) is 5.57. The first-order chi connectivity index (χ1) is 9.54. The van der Waals surface area contributed by atoms with E-state index in [4.69, 9.17) is 5.26 Å². The topological polar surface area (TPSA) is 83.1 Å². The highest BCUT2D eigenvalue weighted by Gasteiger charge is 2.21. The Kier molecular flexibility index (Phi) is 3.96. The number of para-hydroxylation sites is 1. The molecule has 0 fully saturated rings.